The van der Waals surface area contributed by atoms with Gasteiger partial charge in [-0.15, -0.1) is 0 Å². The number of hydrazine groups is 1. The van der Waals surface area contributed by atoms with Gasteiger partial charge in [0.1, 0.15) is 0 Å². The van der Waals surface area contributed by atoms with E-state index in [2.05, 4.69) is 38.3 Å². The Hall–Kier alpha value is -0.120. The lowest BCUT2D eigenvalue weighted by Crippen LogP contribution is -2.65. The highest BCUT2D eigenvalue weighted by Crippen LogP contribution is 2.43. The van der Waals surface area contributed by atoms with E-state index in [9.17, 15) is 0 Å². The minimum atomic E-state index is 0.262. The largest absolute Gasteiger partial charge is 0.302 e. The summed E-state index contributed by atoms with van der Waals surface area (Å²) < 4.78 is 0. The topological polar surface area (TPSA) is 41.3 Å². The second kappa shape index (κ2) is 6.76. The summed E-state index contributed by atoms with van der Waals surface area (Å²) in [5.74, 6) is 8.55. The Morgan fingerprint density at radius 3 is 2.20 bits per heavy atom. The Kier molecular flexibility index (Phi) is 5.49. The van der Waals surface area contributed by atoms with Crippen LogP contribution in [0.5, 0.6) is 0 Å². The zero-order valence-corrected chi connectivity index (χ0v) is 14.0. The zero-order chi connectivity index (χ0) is 14.8. The summed E-state index contributed by atoms with van der Waals surface area (Å²) >= 11 is 0. The van der Waals surface area contributed by atoms with Crippen LogP contribution in [0, 0.1) is 17.8 Å². The maximum absolute atomic E-state index is 6.06. The van der Waals surface area contributed by atoms with Crippen molar-refractivity contribution in [1.82, 2.24) is 10.3 Å². The number of hydrogen-bond donors (Lipinski definition) is 2. The van der Waals surface area contributed by atoms with E-state index in [1.807, 2.05) is 0 Å². The predicted octanol–water partition coefficient (Wildman–Crippen LogP) is 3.16. The normalized spacial score (nSPS) is 40.8. The van der Waals surface area contributed by atoms with Gasteiger partial charge in [-0.2, -0.15) is 0 Å². The summed E-state index contributed by atoms with van der Waals surface area (Å²) in [6.07, 6.45) is 10.8. The van der Waals surface area contributed by atoms with Gasteiger partial charge in [-0.25, -0.2) is 0 Å². The molecule has 0 aliphatic heterocycles. The van der Waals surface area contributed by atoms with Crippen molar-refractivity contribution in [2.45, 2.75) is 76.8 Å². The molecule has 3 N–H and O–H groups in total. The number of nitrogens with zero attached hydrogens (tertiary/aromatic N) is 1. The fourth-order valence-electron chi connectivity index (χ4n) is 4.88. The maximum Gasteiger partial charge on any atom is 0.0422 e. The summed E-state index contributed by atoms with van der Waals surface area (Å²) in [4.78, 5) is 2.48. The summed E-state index contributed by atoms with van der Waals surface area (Å²) in [5.41, 5.74) is 3.52. The van der Waals surface area contributed by atoms with Crippen molar-refractivity contribution >= 4 is 0 Å². The minimum Gasteiger partial charge on any atom is -0.302 e. The van der Waals surface area contributed by atoms with Gasteiger partial charge in [0.15, 0.2) is 0 Å². The smallest absolute Gasteiger partial charge is 0.0422 e. The second-order valence-corrected chi connectivity index (χ2v) is 7.86. The van der Waals surface area contributed by atoms with Crippen molar-refractivity contribution in [1.29, 1.82) is 0 Å². The number of nitrogens with one attached hydrogen (secondary N) is 1. The molecule has 3 nitrogen and oxygen atoms in total. The van der Waals surface area contributed by atoms with Crippen molar-refractivity contribution in [3.63, 3.8) is 0 Å². The van der Waals surface area contributed by atoms with Gasteiger partial charge in [0.05, 0.1) is 0 Å². The molecule has 2 rings (SSSR count). The lowest BCUT2D eigenvalue weighted by atomic mass is 9.65. The van der Waals surface area contributed by atoms with Crippen molar-refractivity contribution in [2.75, 3.05) is 14.1 Å². The fraction of sp³-hybridized carbons (Fsp3) is 1.00. The van der Waals surface area contributed by atoms with E-state index in [0.717, 1.165) is 17.8 Å². The lowest BCUT2D eigenvalue weighted by molar-refractivity contribution is 0.00561. The molecule has 3 unspecified atom stereocenters. The summed E-state index contributed by atoms with van der Waals surface area (Å²) in [7, 11) is 4.52. The van der Waals surface area contributed by atoms with Crippen molar-refractivity contribution in [3.05, 3.63) is 0 Å². The van der Waals surface area contributed by atoms with Crippen LogP contribution >= 0.6 is 0 Å². The van der Waals surface area contributed by atoms with Gasteiger partial charge in [-0.3, -0.25) is 11.3 Å². The van der Waals surface area contributed by atoms with Crippen LogP contribution in [0.1, 0.15) is 65.2 Å². The quantitative estimate of drug-likeness (QED) is 0.614. The van der Waals surface area contributed by atoms with Crippen molar-refractivity contribution in [3.8, 4) is 0 Å². The molecule has 0 aromatic rings. The molecule has 2 aliphatic carbocycles. The van der Waals surface area contributed by atoms with E-state index in [1.165, 1.54) is 51.4 Å². The van der Waals surface area contributed by atoms with Crippen molar-refractivity contribution < 1.29 is 0 Å². The second-order valence-electron chi connectivity index (χ2n) is 7.86. The highest BCUT2D eigenvalue weighted by Gasteiger charge is 2.46. The third-order valence-corrected chi connectivity index (χ3v) is 6.19. The molecule has 3 heteroatoms. The van der Waals surface area contributed by atoms with Crippen LogP contribution in [0.25, 0.3) is 0 Å². The average molecular weight is 281 g/mol. The fourth-order valence-corrected chi connectivity index (χ4v) is 4.88. The molecule has 2 fully saturated rings. The maximum atomic E-state index is 6.06. The Labute approximate surface area is 125 Å². The molecular formula is C17H35N3. The van der Waals surface area contributed by atoms with Crippen LogP contribution in [0.2, 0.25) is 0 Å². The first-order valence-electron chi connectivity index (χ1n) is 8.63. The van der Waals surface area contributed by atoms with Crippen LogP contribution in [-0.4, -0.2) is 30.6 Å². The van der Waals surface area contributed by atoms with Gasteiger partial charge >= 0.3 is 0 Å². The molecule has 0 heterocycles. The van der Waals surface area contributed by atoms with Gasteiger partial charge in [0.2, 0.25) is 0 Å². The predicted molar refractivity (Wildman–Crippen MR) is 86.3 cm³/mol. The molecule has 3 atom stereocenters. The number of hydrogen-bond acceptors (Lipinski definition) is 3. The SMILES string of the molecule is CC1CCC(C(NN)C2(N(C)C)CCCC(C)C2)CC1. The molecule has 20 heavy (non-hydrogen) atoms. The highest BCUT2D eigenvalue weighted by atomic mass is 15.3. The third kappa shape index (κ3) is 3.20. The molecule has 118 valence electrons. The molecular weight excluding hydrogens is 246 g/mol. The van der Waals surface area contributed by atoms with Crippen molar-refractivity contribution in [2.24, 2.45) is 23.6 Å². The van der Waals surface area contributed by atoms with Gasteiger partial charge in [0.25, 0.3) is 0 Å². The Bertz CT molecular complexity index is 297. The van der Waals surface area contributed by atoms with Crippen LogP contribution in [-0.2, 0) is 0 Å². The molecule has 0 bridgehead atoms. The summed E-state index contributed by atoms with van der Waals surface area (Å²) in [6.45, 7) is 4.80. The zero-order valence-electron chi connectivity index (χ0n) is 14.0. The van der Waals surface area contributed by atoms with E-state index in [-0.39, 0.29) is 5.54 Å². The minimum absolute atomic E-state index is 0.262. The van der Waals surface area contributed by atoms with E-state index in [4.69, 9.17) is 5.84 Å². The molecule has 2 saturated carbocycles. The summed E-state index contributed by atoms with van der Waals surface area (Å²) in [6, 6.07) is 0.452. The first-order valence-corrected chi connectivity index (χ1v) is 8.63. The van der Waals surface area contributed by atoms with Crippen LogP contribution < -0.4 is 11.3 Å². The molecule has 0 amide bonds. The summed E-state index contributed by atoms with van der Waals surface area (Å²) in [5, 5.41) is 0. The molecule has 0 aromatic carbocycles. The number of likely N-dealkylation sites (N-methyl/N-ethyl adjacent to an activating group) is 1. The Balaban J connectivity index is 2.16. The van der Waals surface area contributed by atoms with Crippen LogP contribution in [0.3, 0.4) is 0 Å². The highest BCUT2D eigenvalue weighted by molar-refractivity contribution is 5.04. The molecule has 0 saturated heterocycles. The standard InChI is InChI=1S/C17H35N3/c1-13-7-9-15(10-8-13)16(19-18)17(20(3)4)11-5-6-14(2)12-17/h13-16,19H,5-12,18H2,1-4H3. The average Bonchev–Trinajstić information content (AvgIpc) is 2.41. The third-order valence-electron chi connectivity index (χ3n) is 6.19. The van der Waals surface area contributed by atoms with Gasteiger partial charge in [-0.1, -0.05) is 39.5 Å². The first kappa shape index (κ1) is 16.3. The first-order chi connectivity index (χ1) is 9.49. The lowest BCUT2D eigenvalue weighted by Gasteiger charge is -2.53. The van der Waals surface area contributed by atoms with E-state index >= 15 is 0 Å². The van der Waals surface area contributed by atoms with Gasteiger partial charge in [-0.05, 0) is 57.5 Å². The Morgan fingerprint density at radius 1 is 1.05 bits per heavy atom. The molecule has 0 spiro atoms. The van der Waals surface area contributed by atoms with Gasteiger partial charge < -0.3 is 4.90 Å². The molecule has 0 aromatic heterocycles. The van der Waals surface area contributed by atoms with E-state index < -0.39 is 0 Å². The molecule has 0 radical (unpaired) electrons. The number of nitrogens with two attached hydrogens (primary N) is 1. The Morgan fingerprint density at radius 2 is 1.70 bits per heavy atom. The van der Waals surface area contributed by atoms with E-state index in [0.29, 0.717) is 6.04 Å². The molecule has 2 aliphatic rings. The number of rotatable bonds is 4. The monoisotopic (exact) mass is 281 g/mol. The van der Waals surface area contributed by atoms with E-state index in [1.54, 1.807) is 0 Å². The van der Waals surface area contributed by atoms with Crippen LogP contribution in [0.4, 0.5) is 0 Å². The van der Waals surface area contributed by atoms with Crippen LogP contribution in [0.15, 0.2) is 0 Å². The van der Waals surface area contributed by atoms with Gasteiger partial charge in [0, 0.05) is 11.6 Å².